The minimum absolute atomic E-state index is 0.0577. The number of ketones is 1. The molecular weight excluding hydrogens is 468 g/mol. The lowest BCUT2D eigenvalue weighted by atomic mass is 9.57. The molecule has 2 unspecified atom stereocenters. The molecule has 0 amide bonds. The Labute approximate surface area is 223 Å². The van der Waals surface area contributed by atoms with Crippen LogP contribution in [0.15, 0.2) is 72.4 Å². The fraction of sp³-hybridized carbons (Fsp3) is 0.303. The van der Waals surface area contributed by atoms with Gasteiger partial charge in [0, 0.05) is 39.6 Å². The number of carbonyl (C=O) groups is 1. The first-order valence-electron chi connectivity index (χ1n) is 13.3. The molecule has 2 aliphatic carbocycles. The third-order valence-corrected chi connectivity index (χ3v) is 8.56. The number of aromatic nitrogens is 3. The topological polar surface area (TPSA) is 79.5 Å². The fourth-order valence-electron chi connectivity index (χ4n) is 6.47. The second kappa shape index (κ2) is 8.99. The molecule has 2 aliphatic rings. The van der Waals surface area contributed by atoms with Crippen molar-refractivity contribution in [3.63, 3.8) is 0 Å². The Balaban J connectivity index is 1.68. The van der Waals surface area contributed by atoms with Crippen molar-refractivity contribution < 1.29 is 4.79 Å². The summed E-state index contributed by atoms with van der Waals surface area (Å²) in [6.07, 6.45) is 5.33. The molecule has 3 atom stereocenters. The summed E-state index contributed by atoms with van der Waals surface area (Å²) < 4.78 is 0. The SMILES string of the molecule is CC(C)c1cccc(-c2nc(-c3ccnc4ccccc34)nc3c2CCC2C(C)C(=O)C(C#N)=C[C@@]32C)c1. The highest BCUT2D eigenvalue weighted by Gasteiger charge is 2.49. The van der Waals surface area contributed by atoms with Gasteiger partial charge in [0.1, 0.15) is 6.07 Å². The monoisotopic (exact) mass is 498 g/mol. The predicted molar refractivity (Wildman–Crippen MR) is 149 cm³/mol. The average molecular weight is 499 g/mol. The summed E-state index contributed by atoms with van der Waals surface area (Å²) >= 11 is 0. The van der Waals surface area contributed by atoms with Gasteiger partial charge in [0.25, 0.3) is 0 Å². The van der Waals surface area contributed by atoms with E-state index in [0.717, 1.165) is 51.8 Å². The minimum Gasteiger partial charge on any atom is -0.293 e. The first kappa shape index (κ1) is 24.2. The van der Waals surface area contributed by atoms with E-state index in [0.29, 0.717) is 11.7 Å². The zero-order valence-electron chi connectivity index (χ0n) is 22.2. The van der Waals surface area contributed by atoms with Gasteiger partial charge in [0.15, 0.2) is 11.6 Å². The highest BCUT2D eigenvalue weighted by Crippen LogP contribution is 2.51. The largest absolute Gasteiger partial charge is 0.293 e. The van der Waals surface area contributed by atoms with Gasteiger partial charge in [0.2, 0.25) is 0 Å². The Kier molecular flexibility index (Phi) is 5.72. The molecule has 2 heterocycles. The smallest absolute Gasteiger partial charge is 0.176 e. The van der Waals surface area contributed by atoms with Crippen LogP contribution in [0, 0.1) is 23.2 Å². The van der Waals surface area contributed by atoms with Crippen LogP contribution in [-0.4, -0.2) is 20.7 Å². The fourth-order valence-corrected chi connectivity index (χ4v) is 6.47. The third kappa shape index (κ3) is 3.67. The van der Waals surface area contributed by atoms with Gasteiger partial charge in [-0.3, -0.25) is 9.78 Å². The van der Waals surface area contributed by atoms with Crippen LogP contribution >= 0.6 is 0 Å². The second-order valence-corrected chi connectivity index (χ2v) is 11.1. The number of hydrogen-bond donors (Lipinski definition) is 0. The molecule has 0 radical (unpaired) electrons. The van der Waals surface area contributed by atoms with Crippen molar-refractivity contribution >= 4 is 16.7 Å². The average Bonchev–Trinajstić information content (AvgIpc) is 2.94. The number of pyridine rings is 1. The molecule has 188 valence electrons. The van der Waals surface area contributed by atoms with Crippen molar-refractivity contribution in [1.82, 2.24) is 15.0 Å². The van der Waals surface area contributed by atoms with Crippen LogP contribution < -0.4 is 0 Å². The maximum Gasteiger partial charge on any atom is 0.176 e. The third-order valence-electron chi connectivity index (χ3n) is 8.56. The molecule has 5 nitrogen and oxygen atoms in total. The summed E-state index contributed by atoms with van der Waals surface area (Å²) in [5, 5.41) is 10.8. The molecule has 0 N–H and O–H groups in total. The number of para-hydroxylation sites is 1. The Morgan fingerprint density at radius 3 is 2.68 bits per heavy atom. The first-order chi connectivity index (χ1) is 18.3. The summed E-state index contributed by atoms with van der Waals surface area (Å²) in [4.78, 5) is 28.0. The van der Waals surface area contributed by atoms with E-state index in [4.69, 9.17) is 9.97 Å². The molecule has 0 saturated heterocycles. The Morgan fingerprint density at radius 1 is 1.08 bits per heavy atom. The van der Waals surface area contributed by atoms with Gasteiger partial charge in [-0.1, -0.05) is 70.2 Å². The van der Waals surface area contributed by atoms with Gasteiger partial charge in [0.05, 0.1) is 22.5 Å². The Morgan fingerprint density at radius 2 is 1.89 bits per heavy atom. The van der Waals surface area contributed by atoms with Crippen LogP contribution in [0.5, 0.6) is 0 Å². The van der Waals surface area contributed by atoms with E-state index in [-0.39, 0.29) is 23.2 Å². The van der Waals surface area contributed by atoms with E-state index in [1.165, 1.54) is 5.56 Å². The molecular formula is C33H30N4O. The van der Waals surface area contributed by atoms with Gasteiger partial charge in [-0.25, -0.2) is 9.97 Å². The highest BCUT2D eigenvalue weighted by molar-refractivity contribution is 6.02. The predicted octanol–water partition coefficient (Wildman–Crippen LogP) is 6.97. The summed E-state index contributed by atoms with van der Waals surface area (Å²) in [6, 6.07) is 20.8. The number of benzene rings is 2. The van der Waals surface area contributed by atoms with Crippen LogP contribution in [0.1, 0.15) is 56.9 Å². The number of rotatable bonds is 3. The van der Waals surface area contributed by atoms with Crippen molar-refractivity contribution in [2.45, 2.75) is 51.9 Å². The molecule has 6 rings (SSSR count). The number of carbonyl (C=O) groups excluding carboxylic acids is 1. The molecule has 5 heteroatoms. The standard InChI is InChI=1S/C33H30N4O/c1-19(2)21-8-7-9-22(16-21)29-26-12-13-27-20(3)30(38)23(18-34)17-33(27,4)31(26)37-32(36-29)25-14-15-35-28-11-6-5-10-24(25)28/h5-11,14-17,19-20,27H,12-13H2,1-4H3/t20?,27?,33-/m1/s1. The van der Waals surface area contributed by atoms with Crippen molar-refractivity contribution in [3.8, 4) is 28.7 Å². The van der Waals surface area contributed by atoms with E-state index >= 15 is 0 Å². The lowest BCUT2D eigenvalue weighted by Gasteiger charge is -2.45. The molecule has 2 aromatic carbocycles. The number of Topliss-reactive ketones (excluding diaryl/α,β-unsaturated/α-hetero) is 1. The van der Waals surface area contributed by atoms with Gasteiger partial charge in [-0.05, 0) is 48.4 Å². The lowest BCUT2D eigenvalue weighted by Crippen LogP contribution is -2.46. The van der Waals surface area contributed by atoms with Crippen LogP contribution in [-0.2, 0) is 16.6 Å². The van der Waals surface area contributed by atoms with Crippen molar-refractivity contribution in [2.24, 2.45) is 11.8 Å². The van der Waals surface area contributed by atoms with Crippen LogP contribution in [0.2, 0.25) is 0 Å². The number of allylic oxidation sites excluding steroid dienone is 2. The normalized spacial score (nSPS) is 22.5. The maximum atomic E-state index is 13.0. The molecule has 0 spiro atoms. The van der Waals surface area contributed by atoms with E-state index in [1.807, 2.05) is 37.3 Å². The van der Waals surface area contributed by atoms with Crippen LogP contribution in [0.4, 0.5) is 0 Å². The molecule has 4 aromatic rings. The van der Waals surface area contributed by atoms with Gasteiger partial charge >= 0.3 is 0 Å². The summed E-state index contributed by atoms with van der Waals surface area (Å²) in [5.74, 6) is 0.819. The van der Waals surface area contributed by atoms with E-state index in [9.17, 15) is 10.1 Å². The van der Waals surface area contributed by atoms with Crippen LogP contribution in [0.3, 0.4) is 0 Å². The van der Waals surface area contributed by atoms with E-state index < -0.39 is 5.41 Å². The molecule has 2 aromatic heterocycles. The maximum absolute atomic E-state index is 13.0. The van der Waals surface area contributed by atoms with E-state index in [2.05, 4.69) is 62.2 Å². The van der Waals surface area contributed by atoms with Crippen molar-refractivity contribution in [1.29, 1.82) is 5.26 Å². The van der Waals surface area contributed by atoms with Crippen molar-refractivity contribution in [2.75, 3.05) is 0 Å². The Bertz CT molecular complexity index is 1670. The second-order valence-electron chi connectivity index (χ2n) is 11.1. The summed E-state index contributed by atoms with van der Waals surface area (Å²) in [5.41, 5.74) is 6.81. The van der Waals surface area contributed by atoms with Gasteiger partial charge in [-0.2, -0.15) is 5.26 Å². The minimum atomic E-state index is -0.545. The van der Waals surface area contributed by atoms with Gasteiger partial charge in [-0.15, -0.1) is 0 Å². The number of hydrogen-bond acceptors (Lipinski definition) is 5. The molecule has 0 fully saturated rings. The quantitative estimate of drug-likeness (QED) is 0.305. The van der Waals surface area contributed by atoms with Gasteiger partial charge < -0.3 is 0 Å². The zero-order chi connectivity index (χ0) is 26.6. The molecule has 0 bridgehead atoms. The first-order valence-corrected chi connectivity index (χ1v) is 13.3. The van der Waals surface area contributed by atoms with E-state index in [1.54, 1.807) is 6.20 Å². The number of nitrogens with zero attached hydrogens (tertiary/aromatic N) is 4. The summed E-state index contributed by atoms with van der Waals surface area (Å²) in [7, 11) is 0. The summed E-state index contributed by atoms with van der Waals surface area (Å²) in [6.45, 7) is 8.50. The number of nitriles is 1. The Hall–Kier alpha value is -4.17. The highest BCUT2D eigenvalue weighted by atomic mass is 16.1. The number of fused-ring (bicyclic) bond motifs is 4. The molecule has 0 aliphatic heterocycles. The van der Waals surface area contributed by atoms with Crippen LogP contribution in [0.25, 0.3) is 33.5 Å². The lowest BCUT2D eigenvalue weighted by molar-refractivity contribution is -0.121. The zero-order valence-corrected chi connectivity index (χ0v) is 22.2. The van der Waals surface area contributed by atoms with Crippen molar-refractivity contribution in [3.05, 3.63) is 89.3 Å². The molecule has 0 saturated carbocycles. The molecule has 38 heavy (non-hydrogen) atoms.